The standard InChI is InChI=1S/C18H24N2O4S2Se2/c1-11-15(13(3)21)25-17(27)19(11)5-7-23-9-10-24-8-6-20-12(2)16(14(4)22)26-18(20)28/h5-10H2,1-4H3. The van der Waals surface area contributed by atoms with E-state index < -0.39 is 0 Å². The molecular weight excluding hydrogens is 530 g/mol. The van der Waals surface area contributed by atoms with Crippen LogP contribution in [0.15, 0.2) is 0 Å². The Morgan fingerprint density at radius 1 is 0.786 bits per heavy atom. The van der Waals surface area contributed by atoms with E-state index in [1.807, 2.05) is 13.8 Å². The maximum atomic E-state index is 11.6. The fourth-order valence-corrected chi connectivity index (χ4v) is 6.59. The van der Waals surface area contributed by atoms with Crippen molar-refractivity contribution in [3.63, 3.8) is 0 Å². The van der Waals surface area contributed by atoms with Crippen molar-refractivity contribution in [2.45, 2.75) is 40.8 Å². The van der Waals surface area contributed by atoms with Crippen LogP contribution in [0, 0.1) is 20.9 Å². The average Bonchev–Trinajstić information content (AvgIpc) is 3.07. The first-order chi connectivity index (χ1) is 13.2. The van der Waals surface area contributed by atoms with Crippen LogP contribution in [0.3, 0.4) is 0 Å². The molecule has 0 bridgehead atoms. The predicted molar refractivity (Wildman–Crippen MR) is 114 cm³/mol. The van der Waals surface area contributed by atoms with Gasteiger partial charge in [-0.1, -0.05) is 0 Å². The van der Waals surface area contributed by atoms with Crippen molar-refractivity contribution in [3.8, 4) is 0 Å². The minimum atomic E-state index is 0.0917. The Morgan fingerprint density at radius 2 is 1.14 bits per heavy atom. The number of aromatic nitrogens is 2. The van der Waals surface area contributed by atoms with Crippen molar-refractivity contribution >= 4 is 65.4 Å². The molecule has 2 aromatic heterocycles. The Morgan fingerprint density at radius 3 is 1.43 bits per heavy atom. The van der Waals surface area contributed by atoms with Crippen molar-refractivity contribution < 1.29 is 19.1 Å². The Kier molecular flexibility index (Phi) is 9.44. The SMILES string of the molecule is CC(=O)c1sc(=[Se])n(CCOCCOCCn2c(C)c(C(C)=O)sc2=[Se])c1C. The zero-order valence-corrected chi connectivity index (χ0v) is 21.5. The van der Waals surface area contributed by atoms with Crippen LogP contribution in [0.2, 0.25) is 0 Å². The molecular formula is C18H24N2O4S2Se2. The molecule has 0 aliphatic carbocycles. The van der Waals surface area contributed by atoms with Crippen LogP contribution in [0.4, 0.5) is 0 Å². The summed E-state index contributed by atoms with van der Waals surface area (Å²) in [5, 5.41) is 0. The van der Waals surface area contributed by atoms with Gasteiger partial charge < -0.3 is 0 Å². The second-order valence-electron chi connectivity index (χ2n) is 6.21. The van der Waals surface area contributed by atoms with Gasteiger partial charge >= 0.3 is 189 Å². The number of hydrogen-bond acceptors (Lipinski definition) is 6. The summed E-state index contributed by atoms with van der Waals surface area (Å²) in [6.45, 7) is 10.6. The van der Waals surface area contributed by atoms with E-state index in [0.717, 1.165) is 28.2 Å². The van der Waals surface area contributed by atoms with Gasteiger partial charge in [-0.05, 0) is 0 Å². The van der Waals surface area contributed by atoms with E-state index in [4.69, 9.17) is 9.47 Å². The number of hydrogen-bond donors (Lipinski definition) is 0. The van der Waals surface area contributed by atoms with E-state index in [0.29, 0.717) is 39.5 Å². The van der Waals surface area contributed by atoms with Crippen LogP contribution in [0.5, 0.6) is 0 Å². The molecule has 0 radical (unpaired) electrons. The fourth-order valence-electron chi connectivity index (χ4n) is 2.76. The van der Waals surface area contributed by atoms with Gasteiger partial charge in [-0.25, -0.2) is 0 Å². The van der Waals surface area contributed by atoms with Crippen LogP contribution in [-0.4, -0.2) is 78.3 Å². The number of carbonyl (C=O) groups excluding carboxylic acids is 2. The van der Waals surface area contributed by atoms with E-state index in [2.05, 4.69) is 40.3 Å². The summed E-state index contributed by atoms with van der Waals surface area (Å²) in [5.74, 6) is 0.183. The average molecular weight is 554 g/mol. The van der Waals surface area contributed by atoms with E-state index >= 15 is 0 Å². The van der Waals surface area contributed by atoms with Gasteiger partial charge in [0.15, 0.2) is 0 Å². The molecule has 0 unspecified atom stereocenters. The van der Waals surface area contributed by atoms with Gasteiger partial charge in [-0.3, -0.25) is 0 Å². The Hall–Kier alpha value is -0.441. The third-order valence-electron chi connectivity index (χ3n) is 4.22. The second-order valence-corrected chi connectivity index (χ2v) is 11.0. The molecule has 154 valence electrons. The monoisotopic (exact) mass is 556 g/mol. The van der Waals surface area contributed by atoms with Crippen LogP contribution in [0.1, 0.15) is 44.6 Å². The van der Waals surface area contributed by atoms with Gasteiger partial charge in [0.05, 0.1) is 0 Å². The molecule has 2 heterocycles. The number of carbonyl (C=O) groups is 2. The molecule has 2 aromatic rings. The van der Waals surface area contributed by atoms with Crippen molar-refractivity contribution in [2.24, 2.45) is 0 Å². The molecule has 2 rings (SSSR count). The molecule has 28 heavy (non-hydrogen) atoms. The van der Waals surface area contributed by atoms with Crippen molar-refractivity contribution in [1.29, 1.82) is 0 Å². The molecule has 0 aliphatic heterocycles. The summed E-state index contributed by atoms with van der Waals surface area (Å²) in [4.78, 5) is 24.8. The third kappa shape index (κ3) is 6.03. The van der Waals surface area contributed by atoms with Crippen molar-refractivity contribution in [1.82, 2.24) is 9.13 Å². The van der Waals surface area contributed by atoms with E-state index in [1.54, 1.807) is 13.8 Å². The van der Waals surface area contributed by atoms with Gasteiger partial charge in [0.25, 0.3) is 0 Å². The molecule has 0 N–H and O–H groups in total. The van der Waals surface area contributed by atoms with Crippen molar-refractivity contribution in [3.05, 3.63) is 28.2 Å². The molecule has 0 aromatic carbocycles. The normalized spacial score (nSPS) is 11.1. The minimum absolute atomic E-state index is 0.0917. The molecule has 0 aliphatic rings. The zero-order chi connectivity index (χ0) is 20.8. The predicted octanol–water partition coefficient (Wildman–Crippen LogP) is 2.57. The molecule has 0 spiro atoms. The van der Waals surface area contributed by atoms with E-state index in [-0.39, 0.29) is 11.6 Å². The van der Waals surface area contributed by atoms with Gasteiger partial charge in [-0.2, -0.15) is 0 Å². The van der Waals surface area contributed by atoms with E-state index in [9.17, 15) is 9.59 Å². The van der Waals surface area contributed by atoms with Crippen molar-refractivity contribution in [2.75, 3.05) is 26.4 Å². The Bertz CT molecular complexity index is 893. The molecule has 0 atom stereocenters. The van der Waals surface area contributed by atoms with Gasteiger partial charge in [-0.15, -0.1) is 0 Å². The summed E-state index contributed by atoms with van der Waals surface area (Å²) < 4.78 is 17.4. The number of Topliss-reactive ketones (excluding diaryl/α,β-unsaturated/α-hetero) is 2. The molecule has 0 saturated heterocycles. The summed E-state index contributed by atoms with van der Waals surface area (Å²) >= 11 is 8.99. The number of rotatable bonds is 11. The number of nitrogens with zero attached hydrogens (tertiary/aromatic N) is 2. The van der Waals surface area contributed by atoms with Gasteiger partial charge in [0.2, 0.25) is 0 Å². The van der Waals surface area contributed by atoms with Gasteiger partial charge in [0.1, 0.15) is 0 Å². The zero-order valence-electron chi connectivity index (χ0n) is 16.4. The topological polar surface area (TPSA) is 62.5 Å². The van der Waals surface area contributed by atoms with Crippen LogP contribution < -0.4 is 0 Å². The van der Waals surface area contributed by atoms with Crippen LogP contribution in [0.25, 0.3) is 0 Å². The van der Waals surface area contributed by atoms with Crippen LogP contribution in [-0.2, 0) is 22.6 Å². The number of thiazole rings is 2. The molecule has 0 fully saturated rings. The first-order valence-corrected chi connectivity index (χ1v) is 12.2. The van der Waals surface area contributed by atoms with Gasteiger partial charge in [0, 0.05) is 0 Å². The summed E-state index contributed by atoms with van der Waals surface area (Å²) in [6.07, 6.45) is 0. The Balaban J connectivity index is 1.69. The molecule has 6 nitrogen and oxygen atoms in total. The number of ketones is 2. The van der Waals surface area contributed by atoms with E-state index in [1.165, 1.54) is 22.7 Å². The molecule has 0 saturated carbocycles. The Labute approximate surface area is 188 Å². The third-order valence-corrected chi connectivity index (χ3v) is 8.55. The summed E-state index contributed by atoms with van der Waals surface area (Å²) in [7, 11) is 0. The molecule has 10 heteroatoms. The van der Waals surface area contributed by atoms with Crippen LogP contribution >= 0.6 is 22.7 Å². The molecule has 0 amide bonds. The quantitative estimate of drug-likeness (QED) is 0.244. The fraction of sp³-hybridized carbons (Fsp3) is 0.556. The second kappa shape index (κ2) is 11.1. The summed E-state index contributed by atoms with van der Waals surface area (Å²) in [6, 6.07) is 0. The number of ether oxygens (including phenoxy) is 2. The first-order valence-electron chi connectivity index (χ1n) is 8.81. The first kappa shape index (κ1) is 23.8. The summed E-state index contributed by atoms with van der Waals surface area (Å²) in [5.41, 5.74) is 1.96. The maximum absolute atomic E-state index is 11.6.